The van der Waals surface area contributed by atoms with Gasteiger partial charge < -0.3 is 14.9 Å². The third-order valence-corrected chi connectivity index (χ3v) is 15.1. The Hall–Kier alpha value is -2.42. The molecule has 1 aromatic carbocycles. The highest BCUT2D eigenvalue weighted by Gasteiger charge is 2.72. The molecule has 46 heavy (non-hydrogen) atoms. The second-order valence-electron chi connectivity index (χ2n) is 16.6. The summed E-state index contributed by atoms with van der Waals surface area (Å²) >= 11 is 0. The van der Waals surface area contributed by atoms with Crippen LogP contribution in [0.2, 0.25) is 0 Å². The molecular formula is C37H48F4O5. The number of fused-ring (bicyclic) bond motifs is 7. The Kier molecular flexibility index (Phi) is 7.86. The predicted octanol–water partition coefficient (Wildman–Crippen LogP) is 8.48. The van der Waals surface area contributed by atoms with Crippen molar-refractivity contribution in [1.82, 2.24) is 0 Å². The van der Waals surface area contributed by atoms with Crippen molar-refractivity contribution in [3.8, 4) is 0 Å². The minimum atomic E-state index is -2.07. The van der Waals surface area contributed by atoms with Crippen LogP contribution in [0.1, 0.15) is 109 Å². The number of esters is 1. The van der Waals surface area contributed by atoms with Gasteiger partial charge in [-0.05, 0) is 123 Å². The van der Waals surface area contributed by atoms with Gasteiger partial charge in [0, 0.05) is 5.41 Å². The number of hydrogen-bond donors (Lipinski definition) is 2. The lowest BCUT2D eigenvalue weighted by atomic mass is 9.32. The third-order valence-electron chi connectivity index (χ3n) is 15.1. The minimum absolute atomic E-state index is 0.0577. The van der Waals surface area contributed by atoms with E-state index in [0.29, 0.717) is 25.3 Å². The second-order valence-corrected chi connectivity index (χ2v) is 16.6. The van der Waals surface area contributed by atoms with Crippen LogP contribution in [0.25, 0.3) is 0 Å². The quantitative estimate of drug-likeness (QED) is 0.110. The van der Waals surface area contributed by atoms with Crippen molar-refractivity contribution >= 4 is 11.9 Å². The summed E-state index contributed by atoms with van der Waals surface area (Å²) in [6, 6.07) is 0.303. The molecule has 2 N–H and O–H groups in total. The normalized spacial score (nSPS) is 44.7. The summed E-state index contributed by atoms with van der Waals surface area (Å²) in [6.45, 7) is 15.1. The van der Waals surface area contributed by atoms with Crippen LogP contribution in [0.5, 0.6) is 0 Å². The molecule has 6 rings (SSSR count). The first kappa shape index (κ1) is 33.5. The van der Waals surface area contributed by atoms with Crippen LogP contribution in [0.4, 0.5) is 17.6 Å². The molecular weight excluding hydrogens is 600 g/mol. The number of aliphatic hydroxyl groups excluding tert-OH is 1. The Labute approximate surface area is 269 Å². The lowest BCUT2D eigenvalue weighted by molar-refractivity contribution is -0.254. The second kappa shape index (κ2) is 10.8. The summed E-state index contributed by atoms with van der Waals surface area (Å²) in [5, 5.41) is 22.0. The number of carboxylic acid groups (broad SMARTS) is 1. The number of aliphatic carboxylic acids is 1. The third kappa shape index (κ3) is 4.27. The highest BCUT2D eigenvalue weighted by molar-refractivity contribution is 5.89. The fourth-order valence-corrected chi connectivity index (χ4v) is 12.5. The van der Waals surface area contributed by atoms with Crippen LogP contribution in [0.15, 0.2) is 18.2 Å². The molecule has 1 aromatic rings. The molecule has 254 valence electrons. The molecule has 0 aliphatic heterocycles. The molecule has 0 bridgehead atoms. The Morgan fingerprint density at radius 3 is 2.22 bits per heavy atom. The van der Waals surface area contributed by atoms with Crippen LogP contribution in [0.3, 0.4) is 0 Å². The number of carboxylic acids is 1. The number of carbonyl (C=O) groups is 2. The molecule has 5 nitrogen and oxygen atoms in total. The van der Waals surface area contributed by atoms with Crippen molar-refractivity contribution in [2.45, 2.75) is 105 Å². The largest absolute Gasteiger partial charge is 0.481 e. The number of rotatable bonds is 5. The summed E-state index contributed by atoms with van der Waals surface area (Å²) in [5.74, 6) is -8.80. The van der Waals surface area contributed by atoms with Crippen molar-refractivity contribution in [3.63, 3.8) is 0 Å². The number of halogens is 4. The highest BCUT2D eigenvalue weighted by Crippen LogP contribution is 2.77. The molecule has 0 radical (unpaired) electrons. The van der Waals surface area contributed by atoms with Crippen LogP contribution >= 0.6 is 0 Å². The van der Waals surface area contributed by atoms with E-state index in [2.05, 4.69) is 27.4 Å². The first-order chi connectivity index (χ1) is 21.4. The van der Waals surface area contributed by atoms with Gasteiger partial charge in [-0.1, -0.05) is 39.8 Å². The van der Waals surface area contributed by atoms with Crippen molar-refractivity contribution in [3.05, 3.63) is 47.1 Å². The number of carbonyl (C=O) groups excluding carboxylic acids is 1. The number of allylic oxidation sites excluding steroid dienone is 1. The van der Waals surface area contributed by atoms with Crippen molar-refractivity contribution in [2.75, 3.05) is 6.61 Å². The fourth-order valence-electron chi connectivity index (χ4n) is 12.5. The van der Waals surface area contributed by atoms with Gasteiger partial charge in [0.2, 0.25) is 0 Å². The standard InChI is InChI=1S/C37H48F4O5/c1-19(2)20-9-14-37(32(44)45)16-15-35(5)22(27(20)37)7-8-25-33(3)12-11-26(42)34(4,24(33)10-13-36(25,35)6)18-46-31(43)21-17-23(38)29(40)30(41)28(21)39/h17,20,22,24-27,42H,1,7-16,18H2,2-6H3,(H,44,45)/t20-,22+,24+,25+,26-,27+,33-,34-,35+,36+,37-/m0/s1. The van der Waals surface area contributed by atoms with E-state index in [-0.39, 0.29) is 52.4 Å². The van der Waals surface area contributed by atoms with E-state index in [1.165, 1.54) is 0 Å². The molecule has 5 fully saturated rings. The summed E-state index contributed by atoms with van der Waals surface area (Å²) in [5.41, 5.74) is -1.95. The van der Waals surface area contributed by atoms with Gasteiger partial charge in [-0.3, -0.25) is 4.79 Å². The molecule has 0 spiro atoms. The van der Waals surface area contributed by atoms with E-state index < -0.39 is 57.7 Å². The first-order valence-corrected chi connectivity index (χ1v) is 17.0. The average molecular weight is 649 g/mol. The number of ether oxygens (including phenoxy) is 1. The zero-order valence-electron chi connectivity index (χ0n) is 27.7. The maximum atomic E-state index is 14.4. The van der Waals surface area contributed by atoms with Crippen LogP contribution in [0, 0.1) is 79.9 Å². The van der Waals surface area contributed by atoms with E-state index >= 15 is 0 Å². The first-order valence-electron chi connectivity index (χ1n) is 17.0. The van der Waals surface area contributed by atoms with Gasteiger partial charge in [-0.25, -0.2) is 22.4 Å². The van der Waals surface area contributed by atoms with E-state index in [9.17, 15) is 37.4 Å². The Bertz CT molecular complexity index is 1480. The van der Waals surface area contributed by atoms with E-state index in [0.717, 1.165) is 50.5 Å². The van der Waals surface area contributed by atoms with Crippen molar-refractivity contribution in [1.29, 1.82) is 0 Å². The van der Waals surface area contributed by atoms with Crippen LogP contribution in [-0.4, -0.2) is 34.9 Å². The Morgan fingerprint density at radius 2 is 1.57 bits per heavy atom. The Balaban J connectivity index is 1.30. The maximum absolute atomic E-state index is 14.4. The van der Waals surface area contributed by atoms with E-state index in [4.69, 9.17) is 4.74 Å². The molecule has 0 saturated heterocycles. The van der Waals surface area contributed by atoms with Gasteiger partial charge >= 0.3 is 11.9 Å². The Morgan fingerprint density at radius 1 is 0.870 bits per heavy atom. The monoisotopic (exact) mass is 648 g/mol. The molecule has 5 aliphatic carbocycles. The van der Waals surface area contributed by atoms with Gasteiger partial charge in [0.25, 0.3) is 0 Å². The summed E-state index contributed by atoms with van der Waals surface area (Å²) in [6.07, 6.45) is 7.02. The molecule has 0 amide bonds. The number of aliphatic hydroxyl groups is 1. The molecule has 5 saturated carbocycles. The molecule has 11 atom stereocenters. The van der Waals surface area contributed by atoms with Gasteiger partial charge in [-0.15, -0.1) is 0 Å². The van der Waals surface area contributed by atoms with Crippen LogP contribution < -0.4 is 0 Å². The summed E-state index contributed by atoms with van der Waals surface area (Å²) in [7, 11) is 0. The van der Waals surface area contributed by atoms with E-state index in [1.807, 2.05) is 13.8 Å². The molecule has 5 aliphatic rings. The van der Waals surface area contributed by atoms with Crippen molar-refractivity contribution in [2.24, 2.45) is 56.7 Å². The van der Waals surface area contributed by atoms with Gasteiger partial charge in [0.15, 0.2) is 23.3 Å². The van der Waals surface area contributed by atoms with Gasteiger partial charge in [-0.2, -0.15) is 0 Å². The number of benzene rings is 1. The smallest absolute Gasteiger partial charge is 0.341 e. The van der Waals surface area contributed by atoms with Gasteiger partial charge in [0.05, 0.1) is 18.1 Å². The topological polar surface area (TPSA) is 83.8 Å². The molecule has 0 aromatic heterocycles. The lowest BCUT2D eigenvalue weighted by Gasteiger charge is -2.72. The highest BCUT2D eigenvalue weighted by atomic mass is 19.2. The zero-order chi connectivity index (χ0) is 33.8. The molecule has 0 unspecified atom stereocenters. The lowest BCUT2D eigenvalue weighted by Crippen LogP contribution is -2.67. The van der Waals surface area contributed by atoms with E-state index in [1.54, 1.807) is 0 Å². The number of hydrogen-bond acceptors (Lipinski definition) is 4. The average Bonchev–Trinajstić information content (AvgIpc) is 3.41. The van der Waals surface area contributed by atoms with Crippen molar-refractivity contribution < 1.29 is 42.1 Å². The molecule has 9 heteroatoms. The summed E-state index contributed by atoms with van der Waals surface area (Å²) < 4.78 is 61.2. The predicted molar refractivity (Wildman–Crippen MR) is 163 cm³/mol. The molecule has 0 heterocycles. The summed E-state index contributed by atoms with van der Waals surface area (Å²) in [4.78, 5) is 25.8. The fraction of sp³-hybridized carbons (Fsp3) is 0.730. The zero-order valence-corrected chi connectivity index (χ0v) is 27.7. The maximum Gasteiger partial charge on any atom is 0.341 e. The van der Waals surface area contributed by atoms with Gasteiger partial charge in [0.1, 0.15) is 5.56 Å². The SMILES string of the molecule is C=C(C)[C@@H]1CC[C@]2(C(=O)O)CC[C@]3(C)[C@H](CC[C@@H]4[C@@]5(C)CC[C@H](O)[C@@](C)(COC(=O)c6cc(F)c(F)c(F)c6F)[C@@H]5CC[C@]43C)[C@@H]12. The van der Waals surface area contributed by atoms with Crippen LogP contribution in [-0.2, 0) is 9.53 Å². The minimum Gasteiger partial charge on any atom is -0.481 e.